The summed E-state index contributed by atoms with van der Waals surface area (Å²) in [6.07, 6.45) is 0. The van der Waals surface area contributed by atoms with E-state index in [1.807, 2.05) is 38.1 Å². The van der Waals surface area contributed by atoms with Crippen LogP contribution in [0, 0.1) is 6.92 Å². The van der Waals surface area contributed by atoms with Crippen LogP contribution in [0.4, 0.5) is 5.69 Å². The summed E-state index contributed by atoms with van der Waals surface area (Å²) in [6, 6.07) is 14.9. The van der Waals surface area contributed by atoms with Crippen LogP contribution >= 0.6 is 0 Å². The maximum atomic E-state index is 12.7. The van der Waals surface area contributed by atoms with Crippen molar-refractivity contribution in [1.82, 2.24) is 10.2 Å². The highest BCUT2D eigenvalue weighted by Gasteiger charge is 2.22. The van der Waals surface area contributed by atoms with E-state index in [0.717, 1.165) is 22.6 Å². The Morgan fingerprint density at radius 1 is 1.16 bits per heavy atom. The van der Waals surface area contributed by atoms with Crippen LogP contribution < -0.4 is 9.64 Å². The fraction of sp³-hybridized carbons (Fsp3) is 0.211. The van der Waals surface area contributed by atoms with Gasteiger partial charge in [0.2, 0.25) is 5.89 Å². The summed E-state index contributed by atoms with van der Waals surface area (Å²) >= 11 is 0. The molecule has 0 aliphatic rings. The fourth-order valence-electron chi connectivity index (χ4n) is 2.51. The highest BCUT2D eigenvalue weighted by molar-refractivity contribution is 6.03. The molecule has 1 heterocycles. The smallest absolute Gasteiger partial charge is 0.315 e. The number of carbonyl (C=O) groups is 1. The van der Waals surface area contributed by atoms with Gasteiger partial charge in [-0.2, -0.15) is 0 Å². The second kappa shape index (κ2) is 7.17. The summed E-state index contributed by atoms with van der Waals surface area (Å²) in [7, 11) is 1.60. The highest BCUT2D eigenvalue weighted by atomic mass is 16.5. The zero-order valence-corrected chi connectivity index (χ0v) is 14.4. The Kier molecular flexibility index (Phi) is 4.79. The normalized spacial score (nSPS) is 10.5. The minimum atomic E-state index is -0.319. The molecule has 0 aliphatic carbocycles. The maximum absolute atomic E-state index is 12.7. The molecule has 0 saturated carbocycles. The quantitative estimate of drug-likeness (QED) is 0.710. The summed E-state index contributed by atoms with van der Waals surface area (Å²) in [5.74, 6) is 0.678. The van der Waals surface area contributed by atoms with Crippen LogP contribution in [0.5, 0.6) is 5.75 Å². The largest absolute Gasteiger partial charge is 0.497 e. The monoisotopic (exact) mass is 337 g/mol. The van der Waals surface area contributed by atoms with E-state index >= 15 is 0 Å². The average molecular weight is 337 g/mol. The maximum Gasteiger partial charge on any atom is 0.315 e. The topological polar surface area (TPSA) is 68.5 Å². The van der Waals surface area contributed by atoms with Gasteiger partial charge in [-0.05, 0) is 55.8 Å². The van der Waals surface area contributed by atoms with Gasteiger partial charge < -0.3 is 14.1 Å². The number of rotatable bonds is 5. The van der Waals surface area contributed by atoms with Gasteiger partial charge in [-0.25, -0.2) is 0 Å². The molecule has 6 heteroatoms. The third kappa shape index (κ3) is 3.52. The lowest BCUT2D eigenvalue weighted by Gasteiger charge is -2.19. The molecule has 0 bridgehead atoms. The van der Waals surface area contributed by atoms with Gasteiger partial charge in [0, 0.05) is 17.8 Å². The predicted molar refractivity (Wildman–Crippen MR) is 94.8 cm³/mol. The van der Waals surface area contributed by atoms with Crippen LogP contribution in [0.2, 0.25) is 0 Å². The van der Waals surface area contributed by atoms with Crippen molar-refractivity contribution >= 4 is 11.6 Å². The van der Waals surface area contributed by atoms with E-state index in [1.54, 1.807) is 36.3 Å². The lowest BCUT2D eigenvalue weighted by Crippen LogP contribution is -2.30. The summed E-state index contributed by atoms with van der Waals surface area (Å²) in [5.41, 5.74) is 2.61. The van der Waals surface area contributed by atoms with E-state index in [-0.39, 0.29) is 11.8 Å². The lowest BCUT2D eigenvalue weighted by atomic mass is 10.2. The Bertz CT molecular complexity index is 872. The molecule has 0 unspecified atom stereocenters. The van der Waals surface area contributed by atoms with Crippen molar-refractivity contribution in [3.63, 3.8) is 0 Å². The van der Waals surface area contributed by atoms with E-state index in [2.05, 4.69) is 10.2 Å². The number of nitrogens with zero attached hydrogens (tertiary/aromatic N) is 3. The first-order chi connectivity index (χ1) is 12.1. The molecule has 0 radical (unpaired) electrons. The minimum Gasteiger partial charge on any atom is -0.497 e. The molecule has 2 aromatic carbocycles. The number of hydrogen-bond donors (Lipinski definition) is 0. The standard InChI is InChI=1S/C19H19N3O3/c1-4-22(15-7-5-6-13(2)12-15)19(23)18-21-20-17(25-18)14-8-10-16(24-3)11-9-14/h5-12H,4H2,1-3H3. The summed E-state index contributed by atoms with van der Waals surface area (Å²) in [5, 5.41) is 7.90. The lowest BCUT2D eigenvalue weighted by molar-refractivity contribution is 0.0955. The van der Waals surface area contributed by atoms with Crippen molar-refractivity contribution in [2.75, 3.05) is 18.6 Å². The van der Waals surface area contributed by atoms with E-state index in [0.29, 0.717) is 12.4 Å². The molecule has 6 nitrogen and oxygen atoms in total. The molecule has 128 valence electrons. The zero-order valence-electron chi connectivity index (χ0n) is 14.4. The molecule has 1 aromatic heterocycles. The van der Waals surface area contributed by atoms with Crippen molar-refractivity contribution in [3.05, 3.63) is 60.0 Å². The SMILES string of the molecule is CCN(C(=O)c1nnc(-c2ccc(OC)cc2)o1)c1cccc(C)c1. The molecular weight excluding hydrogens is 318 g/mol. The minimum absolute atomic E-state index is 0.0332. The van der Waals surface area contributed by atoms with Crippen LogP contribution in [0.1, 0.15) is 23.2 Å². The number of amides is 1. The van der Waals surface area contributed by atoms with Gasteiger partial charge in [-0.3, -0.25) is 4.79 Å². The van der Waals surface area contributed by atoms with Gasteiger partial charge in [-0.15, -0.1) is 10.2 Å². The van der Waals surface area contributed by atoms with Crippen molar-refractivity contribution in [2.24, 2.45) is 0 Å². The van der Waals surface area contributed by atoms with Gasteiger partial charge >= 0.3 is 11.8 Å². The van der Waals surface area contributed by atoms with Gasteiger partial charge in [0.1, 0.15) is 5.75 Å². The molecule has 0 saturated heterocycles. The third-order valence-electron chi connectivity index (χ3n) is 3.82. The first-order valence-electron chi connectivity index (χ1n) is 7.99. The summed E-state index contributed by atoms with van der Waals surface area (Å²) in [4.78, 5) is 14.4. The second-order valence-electron chi connectivity index (χ2n) is 5.53. The van der Waals surface area contributed by atoms with Crippen molar-refractivity contribution in [2.45, 2.75) is 13.8 Å². The van der Waals surface area contributed by atoms with Gasteiger partial charge in [0.25, 0.3) is 0 Å². The molecule has 0 atom stereocenters. The van der Waals surface area contributed by atoms with Crippen molar-refractivity contribution < 1.29 is 13.9 Å². The fourth-order valence-corrected chi connectivity index (χ4v) is 2.51. The Labute approximate surface area is 146 Å². The first kappa shape index (κ1) is 16.7. The molecule has 1 amide bonds. The van der Waals surface area contributed by atoms with Crippen LogP contribution in [0.15, 0.2) is 52.9 Å². The number of carbonyl (C=O) groups excluding carboxylic acids is 1. The molecule has 3 aromatic rings. The zero-order chi connectivity index (χ0) is 17.8. The number of benzene rings is 2. The Hall–Kier alpha value is -3.15. The van der Waals surface area contributed by atoms with Crippen molar-refractivity contribution in [3.8, 4) is 17.2 Å². The molecular formula is C19H19N3O3. The van der Waals surface area contributed by atoms with Crippen LogP contribution in [-0.4, -0.2) is 29.8 Å². The molecule has 3 rings (SSSR count). The molecule has 0 N–H and O–H groups in total. The van der Waals surface area contributed by atoms with Gasteiger partial charge in [0.05, 0.1) is 7.11 Å². The van der Waals surface area contributed by atoms with E-state index < -0.39 is 0 Å². The van der Waals surface area contributed by atoms with E-state index in [1.165, 1.54) is 0 Å². The number of aromatic nitrogens is 2. The number of anilines is 1. The number of methoxy groups -OCH3 is 1. The summed E-state index contributed by atoms with van der Waals surface area (Å²) in [6.45, 7) is 4.39. The molecule has 0 fully saturated rings. The number of hydrogen-bond acceptors (Lipinski definition) is 5. The van der Waals surface area contributed by atoms with Crippen LogP contribution in [-0.2, 0) is 0 Å². The number of ether oxygens (including phenoxy) is 1. The Morgan fingerprint density at radius 2 is 1.92 bits per heavy atom. The summed E-state index contributed by atoms with van der Waals surface area (Å²) < 4.78 is 10.7. The van der Waals surface area contributed by atoms with Gasteiger partial charge in [0.15, 0.2) is 0 Å². The van der Waals surface area contributed by atoms with E-state index in [4.69, 9.17) is 9.15 Å². The third-order valence-corrected chi connectivity index (χ3v) is 3.82. The first-order valence-corrected chi connectivity index (χ1v) is 7.99. The van der Waals surface area contributed by atoms with Crippen LogP contribution in [0.3, 0.4) is 0 Å². The second-order valence-corrected chi connectivity index (χ2v) is 5.53. The molecule has 25 heavy (non-hydrogen) atoms. The van der Waals surface area contributed by atoms with Gasteiger partial charge in [-0.1, -0.05) is 12.1 Å². The molecule has 0 spiro atoms. The molecule has 0 aliphatic heterocycles. The highest BCUT2D eigenvalue weighted by Crippen LogP contribution is 2.23. The van der Waals surface area contributed by atoms with E-state index in [9.17, 15) is 4.79 Å². The van der Waals surface area contributed by atoms with Crippen molar-refractivity contribution in [1.29, 1.82) is 0 Å². The number of aryl methyl sites for hydroxylation is 1. The Balaban J connectivity index is 1.86. The predicted octanol–water partition coefficient (Wildman–Crippen LogP) is 3.72. The average Bonchev–Trinajstić information content (AvgIpc) is 3.12. The Morgan fingerprint density at radius 3 is 2.56 bits per heavy atom. The van der Waals surface area contributed by atoms with Crippen LogP contribution in [0.25, 0.3) is 11.5 Å².